The fourth-order valence-electron chi connectivity index (χ4n) is 3.25. The van der Waals surface area contributed by atoms with Gasteiger partial charge < -0.3 is 10.1 Å². The lowest BCUT2D eigenvalue weighted by Crippen LogP contribution is -2.34. The minimum Gasteiger partial charge on any atom is -0.457 e. The van der Waals surface area contributed by atoms with Gasteiger partial charge in [-0.1, -0.05) is 43.5 Å². The monoisotopic (exact) mass is 385 g/mol. The molecular weight excluding hydrogens is 354 g/mol. The summed E-state index contributed by atoms with van der Waals surface area (Å²) in [6, 6.07) is 7.38. The SMILES string of the molecule is CC(C)(C)OC(=O)/C=C/c1ccc(CC(=O)NCC(=O)C2CCCCC2)cc1. The topological polar surface area (TPSA) is 72.5 Å². The van der Waals surface area contributed by atoms with Crippen LogP contribution < -0.4 is 5.32 Å². The predicted octanol–water partition coefficient (Wildman–Crippen LogP) is 3.85. The van der Waals surface area contributed by atoms with E-state index in [0.29, 0.717) is 0 Å². The van der Waals surface area contributed by atoms with Crippen LogP contribution in [0, 0.1) is 5.92 Å². The second-order valence-corrected chi connectivity index (χ2v) is 8.36. The minimum absolute atomic E-state index is 0.116. The van der Waals surface area contributed by atoms with Gasteiger partial charge in [0.1, 0.15) is 5.60 Å². The molecule has 1 aromatic rings. The average Bonchev–Trinajstić information content (AvgIpc) is 2.65. The van der Waals surface area contributed by atoms with Crippen molar-refractivity contribution in [2.45, 2.75) is 64.9 Å². The molecule has 1 aliphatic rings. The molecule has 0 unspecified atom stereocenters. The molecule has 2 rings (SSSR count). The van der Waals surface area contributed by atoms with Crippen LogP contribution in [-0.4, -0.2) is 29.8 Å². The normalized spacial score (nSPS) is 15.4. The molecule has 5 heteroatoms. The van der Waals surface area contributed by atoms with E-state index in [1.165, 1.54) is 12.5 Å². The van der Waals surface area contributed by atoms with Crippen LogP contribution in [0.3, 0.4) is 0 Å². The van der Waals surface area contributed by atoms with Crippen LogP contribution in [0.25, 0.3) is 6.08 Å². The first-order valence-electron chi connectivity index (χ1n) is 10.0. The molecule has 0 radical (unpaired) electrons. The summed E-state index contributed by atoms with van der Waals surface area (Å²) in [5.74, 6) is -0.277. The molecule has 1 amide bonds. The van der Waals surface area contributed by atoms with Gasteiger partial charge >= 0.3 is 5.97 Å². The lowest BCUT2D eigenvalue weighted by atomic mass is 9.86. The van der Waals surface area contributed by atoms with Crippen LogP contribution in [-0.2, 0) is 25.5 Å². The zero-order chi connectivity index (χ0) is 20.6. The molecule has 0 bridgehead atoms. The fraction of sp³-hybridized carbons (Fsp3) is 0.522. The van der Waals surface area contributed by atoms with Crippen molar-refractivity contribution in [2.75, 3.05) is 6.54 Å². The van der Waals surface area contributed by atoms with E-state index in [9.17, 15) is 14.4 Å². The Kier molecular flexibility index (Phi) is 7.97. The van der Waals surface area contributed by atoms with Gasteiger partial charge in [-0.05, 0) is 50.8 Å². The highest BCUT2D eigenvalue weighted by atomic mass is 16.6. The highest BCUT2D eigenvalue weighted by Crippen LogP contribution is 2.24. The maximum absolute atomic E-state index is 12.2. The summed E-state index contributed by atoms with van der Waals surface area (Å²) in [7, 11) is 0. The average molecular weight is 386 g/mol. The number of esters is 1. The summed E-state index contributed by atoms with van der Waals surface area (Å²) in [5.41, 5.74) is 1.19. The Labute approximate surface area is 167 Å². The Morgan fingerprint density at radius 3 is 2.32 bits per heavy atom. The summed E-state index contributed by atoms with van der Waals surface area (Å²) < 4.78 is 5.22. The summed E-state index contributed by atoms with van der Waals surface area (Å²) >= 11 is 0. The molecule has 0 spiro atoms. The molecule has 1 fully saturated rings. The van der Waals surface area contributed by atoms with Crippen molar-refractivity contribution >= 4 is 23.7 Å². The van der Waals surface area contributed by atoms with Gasteiger partial charge in [0.2, 0.25) is 5.91 Å². The first kappa shape index (κ1) is 21.9. The summed E-state index contributed by atoms with van der Waals surface area (Å²) in [5, 5.41) is 2.74. The van der Waals surface area contributed by atoms with Gasteiger partial charge in [-0.15, -0.1) is 0 Å². The number of carbonyl (C=O) groups excluding carboxylic acids is 3. The predicted molar refractivity (Wildman–Crippen MR) is 110 cm³/mol. The standard InChI is InChI=1S/C23H31NO4/c1-23(2,3)28-22(27)14-13-17-9-11-18(12-10-17)15-21(26)24-16-20(25)19-7-5-4-6-8-19/h9-14,19H,4-8,15-16H2,1-3H3,(H,24,26)/b14-13+. The maximum Gasteiger partial charge on any atom is 0.331 e. The molecule has 1 saturated carbocycles. The number of amides is 1. The lowest BCUT2D eigenvalue weighted by Gasteiger charge is -2.20. The highest BCUT2D eigenvalue weighted by molar-refractivity contribution is 5.88. The van der Waals surface area contributed by atoms with Crippen molar-refractivity contribution in [3.63, 3.8) is 0 Å². The smallest absolute Gasteiger partial charge is 0.331 e. The molecule has 0 aromatic heterocycles. The third-order valence-corrected chi connectivity index (χ3v) is 4.68. The van der Waals surface area contributed by atoms with E-state index in [1.807, 2.05) is 45.0 Å². The highest BCUT2D eigenvalue weighted by Gasteiger charge is 2.21. The van der Waals surface area contributed by atoms with Crippen LogP contribution in [0.1, 0.15) is 64.0 Å². The van der Waals surface area contributed by atoms with Crippen LogP contribution in [0.15, 0.2) is 30.3 Å². The van der Waals surface area contributed by atoms with E-state index >= 15 is 0 Å². The zero-order valence-corrected chi connectivity index (χ0v) is 17.1. The quantitative estimate of drug-likeness (QED) is 0.572. The maximum atomic E-state index is 12.2. The van der Waals surface area contributed by atoms with E-state index in [-0.39, 0.29) is 30.6 Å². The van der Waals surface area contributed by atoms with Crippen molar-refractivity contribution < 1.29 is 19.1 Å². The number of ketones is 1. The molecular formula is C23H31NO4. The first-order valence-corrected chi connectivity index (χ1v) is 10.0. The number of Topliss-reactive ketones (excluding diaryl/α,β-unsaturated/α-hetero) is 1. The van der Waals surface area contributed by atoms with Gasteiger partial charge in [-0.2, -0.15) is 0 Å². The van der Waals surface area contributed by atoms with Crippen molar-refractivity contribution in [1.82, 2.24) is 5.32 Å². The van der Waals surface area contributed by atoms with Crippen LogP contribution in [0.2, 0.25) is 0 Å². The summed E-state index contributed by atoms with van der Waals surface area (Å²) in [4.78, 5) is 35.9. The van der Waals surface area contributed by atoms with Crippen molar-refractivity contribution in [1.29, 1.82) is 0 Å². The summed E-state index contributed by atoms with van der Waals surface area (Å²) in [6.07, 6.45) is 8.63. The van der Waals surface area contributed by atoms with Crippen molar-refractivity contribution in [2.24, 2.45) is 5.92 Å². The molecule has 0 saturated heterocycles. The molecule has 1 N–H and O–H groups in total. The van der Waals surface area contributed by atoms with Crippen LogP contribution >= 0.6 is 0 Å². The Morgan fingerprint density at radius 1 is 1.07 bits per heavy atom. The molecule has 0 heterocycles. The molecule has 28 heavy (non-hydrogen) atoms. The number of ether oxygens (including phenoxy) is 1. The van der Waals surface area contributed by atoms with Gasteiger partial charge in [0.25, 0.3) is 0 Å². The number of nitrogens with one attached hydrogen (secondary N) is 1. The van der Waals surface area contributed by atoms with E-state index in [2.05, 4.69) is 5.32 Å². The fourth-order valence-corrected chi connectivity index (χ4v) is 3.25. The van der Waals surface area contributed by atoms with Gasteiger partial charge in [0, 0.05) is 12.0 Å². The van der Waals surface area contributed by atoms with E-state index < -0.39 is 11.6 Å². The molecule has 1 aromatic carbocycles. The molecule has 0 aliphatic heterocycles. The number of carbonyl (C=O) groups is 3. The van der Waals surface area contributed by atoms with Crippen molar-refractivity contribution in [3.05, 3.63) is 41.5 Å². The minimum atomic E-state index is -0.517. The first-order chi connectivity index (χ1) is 13.2. The molecule has 5 nitrogen and oxygen atoms in total. The zero-order valence-electron chi connectivity index (χ0n) is 17.1. The van der Waals surface area contributed by atoms with E-state index in [1.54, 1.807) is 6.08 Å². The number of benzene rings is 1. The molecule has 1 aliphatic carbocycles. The second-order valence-electron chi connectivity index (χ2n) is 8.36. The Bertz CT molecular complexity index is 707. The van der Waals surface area contributed by atoms with E-state index in [4.69, 9.17) is 4.74 Å². The van der Waals surface area contributed by atoms with Gasteiger partial charge in [-0.25, -0.2) is 4.79 Å². The van der Waals surface area contributed by atoms with E-state index in [0.717, 1.165) is 36.8 Å². The lowest BCUT2D eigenvalue weighted by molar-refractivity contribution is -0.148. The molecule has 0 atom stereocenters. The largest absolute Gasteiger partial charge is 0.457 e. The number of hydrogen-bond donors (Lipinski definition) is 1. The number of rotatable bonds is 7. The van der Waals surface area contributed by atoms with Crippen LogP contribution in [0.5, 0.6) is 0 Å². The van der Waals surface area contributed by atoms with Gasteiger partial charge in [-0.3, -0.25) is 9.59 Å². The Morgan fingerprint density at radius 2 is 1.71 bits per heavy atom. The third kappa shape index (κ3) is 8.07. The second kappa shape index (κ2) is 10.2. The van der Waals surface area contributed by atoms with Crippen molar-refractivity contribution in [3.8, 4) is 0 Å². The van der Waals surface area contributed by atoms with Gasteiger partial charge in [0.15, 0.2) is 5.78 Å². The third-order valence-electron chi connectivity index (χ3n) is 4.68. The summed E-state index contributed by atoms with van der Waals surface area (Å²) in [6.45, 7) is 5.59. The Balaban J connectivity index is 1.77. The Hall–Kier alpha value is -2.43. The van der Waals surface area contributed by atoms with Gasteiger partial charge in [0.05, 0.1) is 13.0 Å². The number of hydrogen-bond acceptors (Lipinski definition) is 4. The molecule has 152 valence electrons. The van der Waals surface area contributed by atoms with Crippen LogP contribution in [0.4, 0.5) is 0 Å².